The number of carbonyl (C=O) groups excluding carboxylic acids is 1. The molecule has 2 aromatic carbocycles. The number of benzene rings is 2. The molecule has 0 atom stereocenters. The highest BCUT2D eigenvalue weighted by Crippen LogP contribution is 2.25. The summed E-state index contributed by atoms with van der Waals surface area (Å²) in [6.07, 6.45) is 3.16. The molecule has 1 aliphatic rings. The minimum Gasteiger partial charge on any atom is -0.504 e. The fraction of sp³-hybridized carbons (Fsp3) is 0.250. The van der Waals surface area contributed by atoms with E-state index in [0.29, 0.717) is 18.7 Å². The number of amides is 1. The Labute approximate surface area is 159 Å². The zero-order valence-electron chi connectivity index (χ0n) is 14.4. The van der Waals surface area contributed by atoms with Crippen molar-refractivity contribution >= 4 is 24.4 Å². The Morgan fingerprint density at radius 2 is 1.65 bits per heavy atom. The van der Waals surface area contributed by atoms with Crippen molar-refractivity contribution in [1.29, 1.82) is 0 Å². The van der Waals surface area contributed by atoms with Gasteiger partial charge in [0.05, 0.1) is 0 Å². The molecule has 2 N–H and O–H groups in total. The first-order chi connectivity index (χ1) is 12.1. The molecule has 1 aliphatic heterocycles. The molecule has 0 bridgehead atoms. The highest BCUT2D eigenvalue weighted by Gasteiger charge is 2.19. The number of rotatable bonds is 4. The molecule has 0 aliphatic carbocycles. The van der Waals surface area contributed by atoms with Gasteiger partial charge in [-0.1, -0.05) is 36.4 Å². The van der Waals surface area contributed by atoms with Crippen molar-refractivity contribution in [2.24, 2.45) is 0 Å². The van der Waals surface area contributed by atoms with Gasteiger partial charge in [0.15, 0.2) is 11.5 Å². The molecule has 0 saturated carbocycles. The average molecular weight is 375 g/mol. The summed E-state index contributed by atoms with van der Waals surface area (Å²) in [5.74, 6) is -0.394. The zero-order valence-corrected chi connectivity index (χ0v) is 15.2. The van der Waals surface area contributed by atoms with Crippen LogP contribution in [0.3, 0.4) is 0 Å². The molecule has 1 heterocycles. The Kier molecular flexibility index (Phi) is 7.06. The number of halogens is 1. The standard InChI is InChI=1S/C20H22N2O3.ClH/c23-18-8-6-16(14-19(18)24)7-9-20(25)22-12-10-21(11-13-22)15-17-4-2-1-3-5-17;/h1-9,14,23-24H,10-13,15H2;1H/b9-7+;. The van der Waals surface area contributed by atoms with Gasteiger partial charge in [-0.05, 0) is 29.3 Å². The zero-order chi connectivity index (χ0) is 17.6. The van der Waals surface area contributed by atoms with Gasteiger partial charge in [-0.15, -0.1) is 12.4 Å². The van der Waals surface area contributed by atoms with Crippen LogP contribution in [0.15, 0.2) is 54.6 Å². The molecule has 138 valence electrons. The third-order valence-electron chi connectivity index (χ3n) is 4.35. The number of aromatic hydroxyl groups is 2. The van der Waals surface area contributed by atoms with E-state index < -0.39 is 0 Å². The summed E-state index contributed by atoms with van der Waals surface area (Å²) in [5.41, 5.74) is 1.96. The van der Waals surface area contributed by atoms with Crippen LogP contribution in [-0.4, -0.2) is 52.1 Å². The van der Waals surface area contributed by atoms with Crippen molar-refractivity contribution in [3.05, 3.63) is 65.7 Å². The van der Waals surface area contributed by atoms with Crippen LogP contribution in [0, 0.1) is 0 Å². The van der Waals surface area contributed by atoms with E-state index in [2.05, 4.69) is 17.0 Å². The van der Waals surface area contributed by atoms with Crippen molar-refractivity contribution in [2.45, 2.75) is 6.54 Å². The van der Waals surface area contributed by atoms with Crippen LogP contribution < -0.4 is 0 Å². The van der Waals surface area contributed by atoms with Crippen LogP contribution in [0.5, 0.6) is 11.5 Å². The monoisotopic (exact) mass is 374 g/mol. The van der Waals surface area contributed by atoms with E-state index in [-0.39, 0.29) is 29.8 Å². The van der Waals surface area contributed by atoms with Gasteiger partial charge < -0.3 is 15.1 Å². The molecule has 2 aromatic rings. The van der Waals surface area contributed by atoms with E-state index in [1.54, 1.807) is 12.1 Å². The number of phenols is 2. The SMILES string of the molecule is Cl.O=C(/C=C/c1ccc(O)c(O)c1)N1CCN(Cc2ccccc2)CC1. The number of piperazine rings is 1. The molecule has 6 heteroatoms. The van der Waals surface area contributed by atoms with Gasteiger partial charge >= 0.3 is 0 Å². The number of hydrogen-bond donors (Lipinski definition) is 2. The Morgan fingerprint density at radius 1 is 0.962 bits per heavy atom. The molecule has 26 heavy (non-hydrogen) atoms. The first kappa shape index (κ1) is 19.8. The number of hydrogen-bond acceptors (Lipinski definition) is 4. The van der Waals surface area contributed by atoms with Crippen LogP contribution in [0.2, 0.25) is 0 Å². The van der Waals surface area contributed by atoms with E-state index in [4.69, 9.17) is 0 Å². The predicted octanol–water partition coefficient (Wildman–Crippen LogP) is 2.88. The average Bonchev–Trinajstić information content (AvgIpc) is 2.64. The molecule has 1 amide bonds. The highest BCUT2D eigenvalue weighted by atomic mass is 35.5. The summed E-state index contributed by atoms with van der Waals surface area (Å²) in [6.45, 7) is 4.03. The smallest absolute Gasteiger partial charge is 0.246 e. The van der Waals surface area contributed by atoms with Crippen LogP contribution in [-0.2, 0) is 11.3 Å². The minimum atomic E-state index is -0.191. The molecule has 0 radical (unpaired) electrons. The van der Waals surface area contributed by atoms with Crippen LogP contribution in [0.4, 0.5) is 0 Å². The highest BCUT2D eigenvalue weighted by molar-refractivity contribution is 5.92. The third-order valence-corrected chi connectivity index (χ3v) is 4.35. The van der Waals surface area contributed by atoms with Crippen molar-refractivity contribution in [3.8, 4) is 11.5 Å². The van der Waals surface area contributed by atoms with Crippen molar-refractivity contribution in [2.75, 3.05) is 26.2 Å². The van der Waals surface area contributed by atoms with E-state index in [0.717, 1.165) is 19.6 Å². The van der Waals surface area contributed by atoms with Crippen molar-refractivity contribution < 1.29 is 15.0 Å². The van der Waals surface area contributed by atoms with Gasteiger partial charge in [0.25, 0.3) is 0 Å². The van der Waals surface area contributed by atoms with Gasteiger partial charge in [0.1, 0.15) is 0 Å². The summed E-state index contributed by atoms with van der Waals surface area (Å²) in [7, 11) is 0. The summed E-state index contributed by atoms with van der Waals surface area (Å²) < 4.78 is 0. The van der Waals surface area contributed by atoms with Gasteiger partial charge in [-0.3, -0.25) is 9.69 Å². The molecule has 0 aromatic heterocycles. The Morgan fingerprint density at radius 3 is 2.31 bits per heavy atom. The summed E-state index contributed by atoms with van der Waals surface area (Å²) in [4.78, 5) is 16.5. The maximum Gasteiger partial charge on any atom is 0.246 e. The molecular weight excluding hydrogens is 352 g/mol. The van der Waals surface area contributed by atoms with E-state index in [9.17, 15) is 15.0 Å². The van der Waals surface area contributed by atoms with Crippen LogP contribution >= 0.6 is 12.4 Å². The maximum absolute atomic E-state index is 12.3. The van der Waals surface area contributed by atoms with Gasteiger partial charge in [0, 0.05) is 38.8 Å². The Bertz CT molecular complexity index is 757. The second kappa shape index (κ2) is 9.27. The van der Waals surface area contributed by atoms with Crippen molar-refractivity contribution in [1.82, 2.24) is 9.80 Å². The fourth-order valence-corrected chi connectivity index (χ4v) is 2.89. The summed E-state index contributed by atoms with van der Waals surface area (Å²) in [6, 6.07) is 14.8. The number of carbonyl (C=O) groups is 1. The normalized spacial score (nSPS) is 15.0. The van der Waals surface area contributed by atoms with E-state index in [1.165, 1.54) is 23.8 Å². The lowest BCUT2D eigenvalue weighted by Crippen LogP contribution is -2.47. The number of phenolic OH excluding ortho intramolecular Hbond substituents is 2. The molecule has 3 rings (SSSR count). The lowest BCUT2D eigenvalue weighted by Gasteiger charge is -2.34. The van der Waals surface area contributed by atoms with Crippen LogP contribution in [0.1, 0.15) is 11.1 Å². The first-order valence-corrected chi connectivity index (χ1v) is 8.37. The lowest BCUT2D eigenvalue weighted by atomic mass is 10.1. The van der Waals surface area contributed by atoms with Gasteiger partial charge in [-0.25, -0.2) is 0 Å². The summed E-state index contributed by atoms with van der Waals surface area (Å²) in [5, 5.41) is 18.8. The van der Waals surface area contributed by atoms with Gasteiger partial charge in [0.2, 0.25) is 5.91 Å². The molecule has 1 fully saturated rings. The van der Waals surface area contributed by atoms with E-state index >= 15 is 0 Å². The molecular formula is C20H23ClN2O3. The first-order valence-electron chi connectivity index (χ1n) is 8.37. The fourth-order valence-electron chi connectivity index (χ4n) is 2.89. The second-order valence-electron chi connectivity index (χ2n) is 6.17. The van der Waals surface area contributed by atoms with Gasteiger partial charge in [-0.2, -0.15) is 0 Å². The van der Waals surface area contributed by atoms with Crippen molar-refractivity contribution in [3.63, 3.8) is 0 Å². The lowest BCUT2D eigenvalue weighted by molar-refractivity contribution is -0.127. The molecule has 0 unspecified atom stereocenters. The quantitative estimate of drug-likeness (QED) is 0.638. The molecule has 0 spiro atoms. The van der Waals surface area contributed by atoms with Crippen LogP contribution in [0.25, 0.3) is 6.08 Å². The molecule has 5 nitrogen and oxygen atoms in total. The third kappa shape index (κ3) is 5.25. The topological polar surface area (TPSA) is 64.0 Å². The summed E-state index contributed by atoms with van der Waals surface area (Å²) >= 11 is 0. The Balaban J connectivity index is 0.00000243. The predicted molar refractivity (Wildman–Crippen MR) is 104 cm³/mol. The number of nitrogens with zero attached hydrogens (tertiary/aromatic N) is 2. The minimum absolute atomic E-state index is 0. The maximum atomic E-state index is 12.3. The largest absolute Gasteiger partial charge is 0.504 e. The molecule has 1 saturated heterocycles. The van der Waals surface area contributed by atoms with E-state index in [1.807, 2.05) is 23.1 Å². The second-order valence-corrected chi connectivity index (χ2v) is 6.17. The Hall–Kier alpha value is -2.50.